The molecule has 8 heteroatoms. The lowest BCUT2D eigenvalue weighted by Gasteiger charge is -2.28. The first kappa shape index (κ1) is 19.6. The molecule has 0 aliphatic heterocycles. The molecule has 0 aromatic heterocycles. The molecule has 0 radical (unpaired) electrons. The summed E-state index contributed by atoms with van der Waals surface area (Å²) >= 11 is 0. The van der Waals surface area contributed by atoms with Gasteiger partial charge >= 0.3 is 0 Å². The lowest BCUT2D eigenvalue weighted by Crippen LogP contribution is -2.45. The minimum atomic E-state index is -3.65. The minimum Gasteiger partial charge on any atom is -0.493 e. The molecule has 0 saturated carbocycles. The lowest BCUT2D eigenvalue weighted by molar-refractivity contribution is -0.116. The Morgan fingerprint density at radius 2 is 1.65 bits per heavy atom. The highest BCUT2D eigenvalue weighted by molar-refractivity contribution is 7.92. The van der Waals surface area contributed by atoms with Crippen molar-refractivity contribution in [3.05, 3.63) is 48.5 Å². The molecule has 0 saturated heterocycles. The zero-order chi connectivity index (χ0) is 19.3. The fourth-order valence-corrected chi connectivity index (χ4v) is 3.72. The summed E-state index contributed by atoms with van der Waals surface area (Å²) in [6.45, 7) is 1.53. The van der Waals surface area contributed by atoms with E-state index in [1.54, 1.807) is 48.5 Å². The van der Waals surface area contributed by atoms with Crippen molar-refractivity contribution in [1.29, 1.82) is 0 Å². The van der Waals surface area contributed by atoms with Gasteiger partial charge in [-0.25, -0.2) is 8.42 Å². The Labute approximate surface area is 153 Å². The van der Waals surface area contributed by atoms with Crippen molar-refractivity contribution in [3.8, 4) is 11.5 Å². The van der Waals surface area contributed by atoms with Crippen LogP contribution in [0.4, 0.5) is 11.4 Å². The van der Waals surface area contributed by atoms with E-state index in [1.807, 2.05) is 0 Å². The number of carbonyl (C=O) groups excluding carboxylic acids is 1. The minimum absolute atomic E-state index is 0.421. The van der Waals surface area contributed by atoms with Crippen molar-refractivity contribution in [2.24, 2.45) is 0 Å². The first-order valence-electron chi connectivity index (χ1n) is 7.85. The van der Waals surface area contributed by atoms with Gasteiger partial charge in [0.05, 0.1) is 26.2 Å². The summed E-state index contributed by atoms with van der Waals surface area (Å²) in [5.74, 6) is 0.521. The van der Waals surface area contributed by atoms with E-state index in [0.29, 0.717) is 22.9 Å². The highest BCUT2D eigenvalue weighted by Crippen LogP contribution is 2.30. The van der Waals surface area contributed by atoms with Crippen molar-refractivity contribution in [1.82, 2.24) is 0 Å². The van der Waals surface area contributed by atoms with E-state index in [1.165, 1.54) is 21.1 Å². The molecule has 1 amide bonds. The van der Waals surface area contributed by atoms with E-state index >= 15 is 0 Å². The highest BCUT2D eigenvalue weighted by atomic mass is 32.2. The second-order valence-corrected chi connectivity index (χ2v) is 7.49. The molecule has 1 atom stereocenters. The van der Waals surface area contributed by atoms with Crippen LogP contribution in [0.25, 0.3) is 0 Å². The van der Waals surface area contributed by atoms with E-state index in [0.717, 1.165) is 10.6 Å². The molecule has 1 unspecified atom stereocenters. The van der Waals surface area contributed by atoms with Crippen molar-refractivity contribution in [3.63, 3.8) is 0 Å². The largest absolute Gasteiger partial charge is 0.493 e. The van der Waals surface area contributed by atoms with Crippen LogP contribution in [0.1, 0.15) is 6.92 Å². The van der Waals surface area contributed by atoms with Gasteiger partial charge in [0.2, 0.25) is 15.9 Å². The van der Waals surface area contributed by atoms with Crippen LogP contribution in [0.5, 0.6) is 11.5 Å². The summed E-state index contributed by atoms with van der Waals surface area (Å²) in [6.07, 6.45) is 1.07. The first-order valence-corrected chi connectivity index (χ1v) is 9.70. The fraction of sp³-hybridized carbons (Fsp3) is 0.278. The van der Waals surface area contributed by atoms with Gasteiger partial charge in [-0.3, -0.25) is 9.10 Å². The van der Waals surface area contributed by atoms with Crippen LogP contribution in [0.2, 0.25) is 0 Å². The quantitative estimate of drug-likeness (QED) is 0.800. The molecule has 1 N–H and O–H groups in total. The number of anilines is 2. The fourth-order valence-electron chi connectivity index (χ4n) is 2.54. The Balaban J connectivity index is 2.27. The third-order valence-corrected chi connectivity index (χ3v) is 4.99. The number of hydrogen-bond acceptors (Lipinski definition) is 5. The van der Waals surface area contributed by atoms with Crippen LogP contribution in [0, 0.1) is 0 Å². The number of benzene rings is 2. The zero-order valence-corrected chi connectivity index (χ0v) is 15.9. The van der Waals surface area contributed by atoms with Crippen LogP contribution in [0.3, 0.4) is 0 Å². The van der Waals surface area contributed by atoms with Crippen LogP contribution >= 0.6 is 0 Å². The van der Waals surface area contributed by atoms with Gasteiger partial charge in [0.15, 0.2) is 11.5 Å². The van der Waals surface area contributed by atoms with E-state index in [2.05, 4.69) is 5.32 Å². The van der Waals surface area contributed by atoms with Crippen molar-refractivity contribution in [2.75, 3.05) is 30.1 Å². The summed E-state index contributed by atoms with van der Waals surface area (Å²) in [5, 5.41) is 2.71. The Hall–Kier alpha value is -2.74. The van der Waals surface area contributed by atoms with E-state index < -0.39 is 22.0 Å². The molecule has 0 bridgehead atoms. The van der Waals surface area contributed by atoms with E-state index in [-0.39, 0.29) is 0 Å². The molecule has 0 aliphatic rings. The van der Waals surface area contributed by atoms with E-state index in [4.69, 9.17) is 9.47 Å². The maximum Gasteiger partial charge on any atom is 0.247 e. The number of hydrogen-bond donors (Lipinski definition) is 1. The number of ether oxygens (including phenoxy) is 2. The third kappa shape index (κ3) is 4.45. The average molecular weight is 378 g/mol. The monoisotopic (exact) mass is 378 g/mol. The Morgan fingerprint density at radius 3 is 2.19 bits per heavy atom. The standard InChI is InChI=1S/C18H22N2O5S/c1-13(20(26(4,22)23)15-8-6-5-7-9-15)18(21)19-14-10-11-16(24-2)17(12-14)25-3/h5-13H,1-4H3,(H,19,21). The van der Waals surface area contributed by atoms with Gasteiger partial charge in [-0.15, -0.1) is 0 Å². The maximum atomic E-state index is 12.6. The summed E-state index contributed by atoms with van der Waals surface area (Å²) in [6, 6.07) is 12.5. The number of nitrogens with one attached hydrogen (secondary N) is 1. The lowest BCUT2D eigenvalue weighted by atomic mass is 10.2. The molecule has 7 nitrogen and oxygen atoms in total. The molecule has 140 valence electrons. The van der Waals surface area contributed by atoms with Crippen LogP contribution in [-0.2, 0) is 14.8 Å². The van der Waals surface area contributed by atoms with Gasteiger partial charge in [0.25, 0.3) is 0 Å². The van der Waals surface area contributed by atoms with Crippen LogP contribution in [0.15, 0.2) is 48.5 Å². The van der Waals surface area contributed by atoms with Crippen LogP contribution in [-0.4, -0.2) is 40.8 Å². The summed E-state index contributed by atoms with van der Waals surface area (Å²) in [7, 11) is -0.641. The predicted molar refractivity (Wildman–Crippen MR) is 101 cm³/mol. The van der Waals surface area contributed by atoms with Crippen molar-refractivity contribution >= 4 is 27.3 Å². The smallest absolute Gasteiger partial charge is 0.247 e. The Kier molecular flexibility index (Phi) is 6.10. The number of nitrogens with zero attached hydrogens (tertiary/aromatic N) is 1. The molecular formula is C18H22N2O5S. The summed E-state index contributed by atoms with van der Waals surface area (Å²) < 4.78 is 35.9. The van der Waals surface area contributed by atoms with Crippen LogP contribution < -0.4 is 19.1 Å². The van der Waals surface area contributed by atoms with Crippen molar-refractivity contribution < 1.29 is 22.7 Å². The average Bonchev–Trinajstić information content (AvgIpc) is 2.61. The molecule has 0 heterocycles. The van der Waals surface area contributed by atoms with Gasteiger partial charge in [0, 0.05) is 11.8 Å². The number of amides is 1. The maximum absolute atomic E-state index is 12.6. The zero-order valence-electron chi connectivity index (χ0n) is 15.1. The molecule has 0 aliphatic carbocycles. The molecule has 0 fully saturated rings. The second-order valence-electron chi connectivity index (χ2n) is 5.63. The number of carbonyl (C=O) groups is 1. The highest BCUT2D eigenvalue weighted by Gasteiger charge is 2.29. The van der Waals surface area contributed by atoms with Gasteiger partial charge in [-0.05, 0) is 31.2 Å². The number of methoxy groups -OCH3 is 2. The van der Waals surface area contributed by atoms with E-state index in [9.17, 15) is 13.2 Å². The second kappa shape index (κ2) is 8.09. The Bertz CT molecular complexity index is 868. The molecule has 2 aromatic carbocycles. The molecule has 2 aromatic rings. The number of para-hydroxylation sites is 1. The molecule has 26 heavy (non-hydrogen) atoms. The topological polar surface area (TPSA) is 84.9 Å². The number of sulfonamides is 1. The Morgan fingerprint density at radius 1 is 1.04 bits per heavy atom. The normalized spacial score (nSPS) is 12.2. The van der Waals surface area contributed by atoms with Gasteiger partial charge in [-0.1, -0.05) is 18.2 Å². The first-order chi connectivity index (χ1) is 12.3. The molecule has 2 rings (SSSR count). The summed E-state index contributed by atoms with van der Waals surface area (Å²) in [4.78, 5) is 12.6. The summed E-state index contributed by atoms with van der Waals surface area (Å²) in [5.41, 5.74) is 0.894. The van der Waals surface area contributed by atoms with Gasteiger partial charge in [-0.2, -0.15) is 0 Å². The number of rotatable bonds is 7. The third-order valence-electron chi connectivity index (χ3n) is 3.75. The van der Waals surface area contributed by atoms with Crippen molar-refractivity contribution in [2.45, 2.75) is 13.0 Å². The molecule has 0 spiro atoms. The molecular weight excluding hydrogens is 356 g/mol. The van der Waals surface area contributed by atoms with Gasteiger partial charge < -0.3 is 14.8 Å². The van der Waals surface area contributed by atoms with Gasteiger partial charge in [0.1, 0.15) is 6.04 Å². The SMILES string of the molecule is COc1ccc(NC(=O)C(C)N(c2ccccc2)S(C)(=O)=O)cc1OC. The predicted octanol–water partition coefficient (Wildman–Crippen LogP) is 2.50.